The van der Waals surface area contributed by atoms with E-state index in [2.05, 4.69) is 26.9 Å². The summed E-state index contributed by atoms with van der Waals surface area (Å²) in [7, 11) is 0. The number of hydrazone groups is 1. The van der Waals surface area contributed by atoms with Gasteiger partial charge >= 0.3 is 0 Å². The molecule has 8 heteroatoms. The van der Waals surface area contributed by atoms with Gasteiger partial charge in [-0.25, -0.2) is 10.4 Å². The zero-order valence-corrected chi connectivity index (χ0v) is 19.8. The lowest BCUT2D eigenvalue weighted by atomic mass is 10.1. The van der Waals surface area contributed by atoms with Gasteiger partial charge in [-0.05, 0) is 54.4 Å². The van der Waals surface area contributed by atoms with Gasteiger partial charge in [0.2, 0.25) is 5.91 Å². The van der Waals surface area contributed by atoms with Crippen molar-refractivity contribution in [3.8, 4) is 0 Å². The SMILES string of the molecule is CC(=O)Nc1cccc(C(C)=NNC(=O)c2ccc(CSc3nc4ccccc4s3)cc2)c1. The normalized spacial score (nSPS) is 11.4. The first kappa shape index (κ1) is 22.7. The lowest BCUT2D eigenvalue weighted by Gasteiger charge is -2.07. The Morgan fingerprint density at radius 1 is 0.970 bits per heavy atom. The number of anilines is 1. The van der Waals surface area contributed by atoms with E-state index >= 15 is 0 Å². The molecule has 0 unspecified atom stereocenters. The second kappa shape index (κ2) is 10.4. The Morgan fingerprint density at radius 3 is 2.52 bits per heavy atom. The molecule has 0 atom stereocenters. The number of nitrogens with one attached hydrogen (secondary N) is 2. The summed E-state index contributed by atoms with van der Waals surface area (Å²) >= 11 is 3.38. The van der Waals surface area contributed by atoms with Crippen molar-refractivity contribution in [2.24, 2.45) is 5.10 Å². The van der Waals surface area contributed by atoms with Crippen LogP contribution in [0.4, 0.5) is 5.69 Å². The Kier molecular flexibility index (Phi) is 7.16. The molecule has 33 heavy (non-hydrogen) atoms. The topological polar surface area (TPSA) is 83.5 Å². The minimum Gasteiger partial charge on any atom is -0.326 e. The second-order valence-electron chi connectivity index (χ2n) is 7.33. The van der Waals surface area contributed by atoms with Crippen molar-refractivity contribution < 1.29 is 9.59 Å². The van der Waals surface area contributed by atoms with E-state index in [1.54, 1.807) is 48.2 Å². The third-order valence-electron chi connectivity index (χ3n) is 4.78. The van der Waals surface area contributed by atoms with Gasteiger partial charge in [0.1, 0.15) is 0 Å². The number of thiazole rings is 1. The molecule has 0 saturated heterocycles. The Bertz CT molecular complexity index is 1300. The van der Waals surface area contributed by atoms with Crippen molar-refractivity contribution in [3.63, 3.8) is 0 Å². The molecule has 1 aromatic heterocycles. The third-order valence-corrected chi connectivity index (χ3v) is 7.03. The predicted octanol–water partition coefficient (Wildman–Crippen LogP) is 5.70. The molecule has 0 bridgehead atoms. The number of fused-ring (bicyclic) bond motifs is 1. The Hall–Kier alpha value is -3.49. The summed E-state index contributed by atoms with van der Waals surface area (Å²) in [5.41, 5.74) is 7.40. The van der Waals surface area contributed by atoms with Gasteiger partial charge in [0.05, 0.1) is 15.9 Å². The van der Waals surface area contributed by atoms with Crippen molar-refractivity contribution >= 4 is 56.5 Å². The Morgan fingerprint density at radius 2 is 1.76 bits per heavy atom. The van der Waals surface area contributed by atoms with Crippen molar-refractivity contribution in [2.45, 2.75) is 23.9 Å². The van der Waals surface area contributed by atoms with E-state index in [1.807, 2.05) is 48.5 Å². The standard InChI is InChI=1S/C25H22N4O2S2/c1-16(20-6-5-7-21(14-20)26-17(2)30)28-29-24(31)19-12-10-18(11-13-19)15-32-25-27-22-8-3-4-9-23(22)33-25/h3-14H,15H2,1-2H3,(H,26,30)(H,29,31). The Balaban J connectivity index is 1.34. The molecule has 4 aromatic rings. The van der Waals surface area contributed by atoms with Crippen molar-refractivity contribution in [2.75, 3.05) is 5.32 Å². The van der Waals surface area contributed by atoms with Crippen LogP contribution in [-0.4, -0.2) is 22.5 Å². The number of amides is 2. The average molecular weight is 475 g/mol. The maximum atomic E-state index is 12.5. The number of aromatic nitrogens is 1. The molecule has 0 fully saturated rings. The molecule has 0 saturated carbocycles. The molecule has 0 radical (unpaired) electrons. The van der Waals surface area contributed by atoms with Gasteiger partial charge in [-0.2, -0.15) is 5.10 Å². The van der Waals surface area contributed by atoms with Crippen molar-refractivity contribution in [1.29, 1.82) is 0 Å². The van der Waals surface area contributed by atoms with Crippen LogP contribution in [0.25, 0.3) is 10.2 Å². The second-order valence-corrected chi connectivity index (χ2v) is 9.59. The lowest BCUT2D eigenvalue weighted by molar-refractivity contribution is -0.114. The molecule has 0 aliphatic rings. The lowest BCUT2D eigenvalue weighted by Crippen LogP contribution is -2.19. The largest absolute Gasteiger partial charge is 0.326 e. The molecule has 4 rings (SSSR count). The quantitative estimate of drug-likeness (QED) is 0.204. The number of benzene rings is 3. The maximum Gasteiger partial charge on any atom is 0.271 e. The third kappa shape index (κ3) is 6.06. The van der Waals surface area contributed by atoms with E-state index < -0.39 is 0 Å². The number of carbonyl (C=O) groups excluding carboxylic acids is 2. The van der Waals surface area contributed by atoms with E-state index in [0.29, 0.717) is 17.0 Å². The first-order valence-corrected chi connectivity index (χ1v) is 12.1. The highest BCUT2D eigenvalue weighted by atomic mass is 32.2. The fraction of sp³-hybridized carbons (Fsp3) is 0.120. The summed E-state index contributed by atoms with van der Waals surface area (Å²) in [5, 5.41) is 6.94. The van der Waals surface area contributed by atoms with Crippen LogP contribution in [0.5, 0.6) is 0 Å². The van der Waals surface area contributed by atoms with Gasteiger partial charge in [-0.15, -0.1) is 11.3 Å². The van der Waals surface area contributed by atoms with E-state index in [1.165, 1.54) is 11.6 Å². The van der Waals surface area contributed by atoms with Crippen molar-refractivity contribution in [1.82, 2.24) is 10.4 Å². The number of thioether (sulfide) groups is 1. The maximum absolute atomic E-state index is 12.5. The summed E-state index contributed by atoms with van der Waals surface area (Å²) in [5.74, 6) is 0.360. The van der Waals surface area contributed by atoms with Gasteiger partial charge in [-0.1, -0.05) is 48.2 Å². The molecular formula is C25H22N4O2S2. The van der Waals surface area contributed by atoms with E-state index in [0.717, 1.165) is 26.7 Å². The average Bonchev–Trinajstić information content (AvgIpc) is 3.24. The van der Waals surface area contributed by atoms with Crippen molar-refractivity contribution in [3.05, 3.63) is 89.5 Å². The molecule has 6 nitrogen and oxygen atoms in total. The van der Waals surface area contributed by atoms with Crippen LogP contribution in [0.15, 0.2) is 82.2 Å². The highest BCUT2D eigenvalue weighted by Crippen LogP contribution is 2.31. The number of para-hydroxylation sites is 1. The molecule has 2 N–H and O–H groups in total. The fourth-order valence-electron chi connectivity index (χ4n) is 3.10. The van der Waals surface area contributed by atoms with Crippen LogP contribution in [0.1, 0.15) is 35.3 Å². The van der Waals surface area contributed by atoms with Gasteiger partial charge in [0.25, 0.3) is 5.91 Å². The number of hydrogen-bond acceptors (Lipinski definition) is 6. The van der Waals surface area contributed by atoms with Gasteiger partial charge in [-0.3, -0.25) is 9.59 Å². The monoisotopic (exact) mass is 474 g/mol. The molecular weight excluding hydrogens is 452 g/mol. The highest BCUT2D eigenvalue weighted by molar-refractivity contribution is 8.00. The molecule has 2 amide bonds. The first-order valence-electron chi connectivity index (χ1n) is 10.3. The van der Waals surface area contributed by atoms with Gasteiger partial charge in [0.15, 0.2) is 4.34 Å². The number of rotatable bonds is 7. The molecule has 166 valence electrons. The van der Waals surface area contributed by atoms with Gasteiger partial charge < -0.3 is 5.32 Å². The fourth-order valence-corrected chi connectivity index (χ4v) is 5.12. The molecule has 3 aromatic carbocycles. The Labute approximate surface area is 200 Å². The van der Waals surface area contributed by atoms with E-state index in [9.17, 15) is 9.59 Å². The molecule has 0 aliphatic heterocycles. The number of hydrogen-bond donors (Lipinski definition) is 2. The summed E-state index contributed by atoms with van der Waals surface area (Å²) in [6, 6.07) is 22.9. The number of nitrogens with zero attached hydrogens (tertiary/aromatic N) is 2. The first-order chi connectivity index (χ1) is 16.0. The van der Waals surface area contributed by atoms with Crippen LogP contribution in [0, 0.1) is 0 Å². The molecule has 1 heterocycles. The van der Waals surface area contributed by atoms with Crippen LogP contribution in [0.3, 0.4) is 0 Å². The molecule has 0 aliphatic carbocycles. The zero-order chi connectivity index (χ0) is 23.2. The van der Waals surface area contributed by atoms with Gasteiger partial charge in [0, 0.05) is 23.9 Å². The zero-order valence-electron chi connectivity index (χ0n) is 18.2. The summed E-state index contributed by atoms with van der Waals surface area (Å²) < 4.78 is 2.22. The number of carbonyl (C=O) groups is 2. The summed E-state index contributed by atoms with van der Waals surface area (Å²) in [6.07, 6.45) is 0. The highest BCUT2D eigenvalue weighted by Gasteiger charge is 2.08. The van der Waals surface area contributed by atoms with Crippen LogP contribution < -0.4 is 10.7 Å². The van der Waals surface area contributed by atoms with E-state index in [-0.39, 0.29) is 11.8 Å². The minimum absolute atomic E-state index is 0.142. The van der Waals surface area contributed by atoms with Crippen LogP contribution in [-0.2, 0) is 10.5 Å². The summed E-state index contributed by atoms with van der Waals surface area (Å²) in [4.78, 5) is 28.4. The van der Waals surface area contributed by atoms with Crippen LogP contribution in [0.2, 0.25) is 0 Å². The summed E-state index contributed by atoms with van der Waals surface area (Å²) in [6.45, 7) is 3.26. The molecule has 0 spiro atoms. The minimum atomic E-state index is -0.280. The predicted molar refractivity (Wildman–Crippen MR) is 136 cm³/mol. The smallest absolute Gasteiger partial charge is 0.271 e. The van der Waals surface area contributed by atoms with E-state index in [4.69, 9.17) is 0 Å². The van der Waals surface area contributed by atoms with Crippen LogP contribution >= 0.6 is 23.1 Å².